The summed E-state index contributed by atoms with van der Waals surface area (Å²) in [6, 6.07) is 3.43. The molecule has 20 heavy (non-hydrogen) atoms. The summed E-state index contributed by atoms with van der Waals surface area (Å²) in [7, 11) is -1.23. The third-order valence-corrected chi connectivity index (χ3v) is 4.41. The summed E-state index contributed by atoms with van der Waals surface area (Å²) in [6.07, 6.45) is 1.48. The Bertz CT molecular complexity index is 722. The van der Waals surface area contributed by atoms with Crippen LogP contribution in [0.1, 0.15) is 26.3 Å². The fourth-order valence-electron chi connectivity index (χ4n) is 1.60. The van der Waals surface area contributed by atoms with Crippen molar-refractivity contribution in [1.29, 1.82) is 0 Å². The molecule has 0 spiro atoms. The Morgan fingerprint density at radius 3 is 2.75 bits per heavy atom. The zero-order chi connectivity index (χ0) is 14.9. The number of nitrogens with zero attached hydrogens (tertiary/aromatic N) is 1. The standard InChI is InChI=1S/C13H16ClN3O2S/c1-13(2,3)20(19)16-6-9-4-8-5-10(14)7-15-11(8)17-12(9)18/h4-5,7,16H,6H2,1-3H3,(H,15,17,18). The predicted molar refractivity (Wildman–Crippen MR) is 82.1 cm³/mol. The summed E-state index contributed by atoms with van der Waals surface area (Å²) in [5.41, 5.74) is 0.741. The van der Waals surface area contributed by atoms with Crippen LogP contribution in [-0.4, -0.2) is 18.9 Å². The number of aromatic amines is 1. The van der Waals surface area contributed by atoms with E-state index in [1.54, 1.807) is 12.1 Å². The van der Waals surface area contributed by atoms with Gasteiger partial charge in [0.2, 0.25) is 0 Å². The van der Waals surface area contributed by atoms with E-state index in [0.29, 0.717) is 16.2 Å². The summed E-state index contributed by atoms with van der Waals surface area (Å²) in [5, 5.41) is 1.25. The molecule has 108 valence electrons. The normalized spacial score (nSPS) is 13.6. The first-order valence-corrected chi connectivity index (χ1v) is 7.63. The van der Waals surface area contributed by atoms with Gasteiger partial charge in [-0.05, 0) is 32.9 Å². The van der Waals surface area contributed by atoms with Crippen LogP contribution in [0, 0.1) is 0 Å². The Kier molecular flexibility index (Phi) is 4.27. The van der Waals surface area contributed by atoms with E-state index in [0.717, 1.165) is 5.39 Å². The van der Waals surface area contributed by atoms with Gasteiger partial charge in [-0.3, -0.25) is 4.79 Å². The SMILES string of the molecule is CC(C)(C)S(=O)NCc1cc2cc(Cl)cnc2[nH]c1=O. The number of halogens is 1. The Morgan fingerprint density at radius 2 is 2.10 bits per heavy atom. The van der Waals surface area contributed by atoms with Crippen molar-refractivity contribution >= 4 is 33.6 Å². The molecular weight excluding hydrogens is 298 g/mol. The molecule has 2 N–H and O–H groups in total. The summed E-state index contributed by atoms with van der Waals surface area (Å²) in [4.78, 5) is 18.6. The lowest BCUT2D eigenvalue weighted by Crippen LogP contribution is -2.34. The number of hydrogen-bond acceptors (Lipinski definition) is 3. The van der Waals surface area contributed by atoms with E-state index in [1.807, 2.05) is 20.8 Å². The third-order valence-electron chi connectivity index (χ3n) is 2.69. The van der Waals surface area contributed by atoms with E-state index in [4.69, 9.17) is 11.6 Å². The van der Waals surface area contributed by atoms with Crippen molar-refractivity contribution in [3.63, 3.8) is 0 Å². The van der Waals surface area contributed by atoms with Crippen LogP contribution in [0.3, 0.4) is 0 Å². The predicted octanol–water partition coefficient (Wildman–Crippen LogP) is 2.13. The average Bonchev–Trinajstić information content (AvgIpc) is 2.35. The molecule has 2 heterocycles. The van der Waals surface area contributed by atoms with Gasteiger partial charge in [0.15, 0.2) is 0 Å². The maximum Gasteiger partial charge on any atom is 0.254 e. The minimum atomic E-state index is -1.23. The van der Waals surface area contributed by atoms with Crippen LogP contribution in [0.15, 0.2) is 23.1 Å². The molecule has 0 aliphatic heterocycles. The molecule has 0 saturated heterocycles. The second kappa shape index (κ2) is 5.63. The molecule has 0 aliphatic rings. The highest BCUT2D eigenvalue weighted by molar-refractivity contribution is 7.84. The quantitative estimate of drug-likeness (QED) is 0.911. The molecule has 1 unspecified atom stereocenters. The highest BCUT2D eigenvalue weighted by Gasteiger charge is 2.19. The van der Waals surface area contributed by atoms with Gasteiger partial charge in [-0.15, -0.1) is 0 Å². The molecule has 5 nitrogen and oxygen atoms in total. The average molecular weight is 314 g/mol. The second-order valence-corrected chi connectivity index (χ2v) is 7.90. The van der Waals surface area contributed by atoms with Crippen molar-refractivity contribution in [3.8, 4) is 0 Å². The zero-order valence-corrected chi connectivity index (χ0v) is 13.1. The fraction of sp³-hybridized carbons (Fsp3) is 0.385. The fourth-order valence-corrected chi connectivity index (χ4v) is 2.49. The minimum absolute atomic E-state index is 0.224. The Balaban J connectivity index is 2.28. The van der Waals surface area contributed by atoms with Crippen LogP contribution >= 0.6 is 11.6 Å². The highest BCUT2D eigenvalue weighted by atomic mass is 35.5. The van der Waals surface area contributed by atoms with Gasteiger partial charge in [-0.25, -0.2) is 13.9 Å². The minimum Gasteiger partial charge on any atom is -0.306 e. The largest absolute Gasteiger partial charge is 0.306 e. The first kappa shape index (κ1) is 15.2. The van der Waals surface area contributed by atoms with E-state index in [2.05, 4.69) is 14.7 Å². The smallest absolute Gasteiger partial charge is 0.254 e. The Morgan fingerprint density at radius 1 is 1.40 bits per heavy atom. The van der Waals surface area contributed by atoms with Gasteiger partial charge in [0, 0.05) is 23.7 Å². The molecule has 1 atom stereocenters. The number of fused-ring (bicyclic) bond motifs is 1. The molecule has 0 aromatic carbocycles. The van der Waals surface area contributed by atoms with Gasteiger partial charge in [-0.2, -0.15) is 0 Å². The van der Waals surface area contributed by atoms with E-state index in [-0.39, 0.29) is 16.9 Å². The van der Waals surface area contributed by atoms with Crippen LogP contribution < -0.4 is 10.3 Å². The first-order chi connectivity index (χ1) is 9.27. The number of H-pyrrole nitrogens is 1. The molecule has 2 aromatic rings. The molecule has 0 fully saturated rings. The van der Waals surface area contributed by atoms with Crippen molar-refractivity contribution in [1.82, 2.24) is 14.7 Å². The molecule has 0 aliphatic carbocycles. The van der Waals surface area contributed by atoms with Crippen molar-refractivity contribution < 1.29 is 4.21 Å². The number of aromatic nitrogens is 2. The van der Waals surface area contributed by atoms with Crippen molar-refractivity contribution in [2.75, 3.05) is 0 Å². The van der Waals surface area contributed by atoms with Crippen LogP contribution in [0.5, 0.6) is 0 Å². The molecule has 0 radical (unpaired) electrons. The number of rotatable bonds is 3. The lowest BCUT2D eigenvalue weighted by atomic mass is 10.2. The Hall–Kier alpha value is -1.24. The third kappa shape index (κ3) is 3.45. The molecule has 0 amide bonds. The topological polar surface area (TPSA) is 74.8 Å². The van der Waals surface area contributed by atoms with Crippen molar-refractivity contribution in [2.24, 2.45) is 0 Å². The first-order valence-electron chi connectivity index (χ1n) is 6.10. The van der Waals surface area contributed by atoms with Gasteiger partial charge in [0.25, 0.3) is 5.56 Å². The lowest BCUT2D eigenvalue weighted by molar-refractivity contribution is 0.634. The number of hydrogen-bond donors (Lipinski definition) is 2. The van der Waals surface area contributed by atoms with E-state index in [1.165, 1.54) is 6.20 Å². The summed E-state index contributed by atoms with van der Waals surface area (Å²) in [5.74, 6) is 0. The monoisotopic (exact) mass is 313 g/mol. The van der Waals surface area contributed by atoms with Crippen molar-refractivity contribution in [2.45, 2.75) is 32.1 Å². The van der Waals surface area contributed by atoms with Gasteiger partial charge in [-0.1, -0.05) is 11.6 Å². The highest BCUT2D eigenvalue weighted by Crippen LogP contribution is 2.15. The maximum absolute atomic E-state index is 11.9. The maximum atomic E-state index is 11.9. The molecule has 7 heteroatoms. The number of nitrogens with one attached hydrogen (secondary N) is 2. The lowest BCUT2D eigenvalue weighted by Gasteiger charge is -2.17. The summed E-state index contributed by atoms with van der Waals surface area (Å²) < 4.78 is 14.4. The Labute approximate surface area is 124 Å². The van der Waals surface area contributed by atoms with E-state index in [9.17, 15) is 9.00 Å². The van der Waals surface area contributed by atoms with Crippen LogP contribution in [0.2, 0.25) is 5.02 Å². The summed E-state index contributed by atoms with van der Waals surface area (Å²) >= 11 is 5.88. The van der Waals surface area contributed by atoms with Crippen molar-refractivity contribution in [3.05, 3.63) is 39.3 Å². The molecule has 0 bridgehead atoms. The van der Waals surface area contributed by atoms with E-state index >= 15 is 0 Å². The summed E-state index contributed by atoms with van der Waals surface area (Å²) in [6.45, 7) is 5.82. The second-order valence-electron chi connectivity index (χ2n) is 5.42. The number of pyridine rings is 2. The van der Waals surface area contributed by atoms with E-state index < -0.39 is 11.0 Å². The van der Waals surface area contributed by atoms with Crippen LogP contribution in [-0.2, 0) is 17.5 Å². The van der Waals surface area contributed by atoms with Crippen LogP contribution in [0.4, 0.5) is 0 Å². The van der Waals surface area contributed by atoms with Gasteiger partial charge in [0.05, 0.1) is 20.8 Å². The van der Waals surface area contributed by atoms with Crippen LogP contribution in [0.25, 0.3) is 11.0 Å². The molecule has 0 saturated carbocycles. The molecule has 2 rings (SSSR count). The van der Waals surface area contributed by atoms with Gasteiger partial charge in [0.1, 0.15) is 5.65 Å². The molecular formula is C13H16ClN3O2S. The molecule has 2 aromatic heterocycles. The van der Waals surface area contributed by atoms with Gasteiger partial charge < -0.3 is 4.98 Å². The van der Waals surface area contributed by atoms with Gasteiger partial charge >= 0.3 is 0 Å². The zero-order valence-electron chi connectivity index (χ0n) is 11.5.